The Labute approximate surface area is 266 Å². The summed E-state index contributed by atoms with van der Waals surface area (Å²) in [7, 11) is -4.17. The lowest BCUT2D eigenvalue weighted by Gasteiger charge is -2.33. The van der Waals surface area contributed by atoms with Crippen molar-refractivity contribution in [1.29, 1.82) is 0 Å². The lowest BCUT2D eigenvalue weighted by atomic mass is 10.0. The van der Waals surface area contributed by atoms with Crippen molar-refractivity contribution in [1.82, 2.24) is 10.2 Å². The largest absolute Gasteiger partial charge is 0.355 e. The molecule has 0 aliphatic heterocycles. The number of hydrogen-bond donors (Lipinski definition) is 1. The van der Waals surface area contributed by atoms with Crippen molar-refractivity contribution in [2.75, 3.05) is 17.4 Å². The summed E-state index contributed by atoms with van der Waals surface area (Å²) in [6, 6.07) is 28.7. The lowest BCUT2D eigenvalue weighted by Crippen LogP contribution is -2.53. The molecule has 1 atom stereocenters. The van der Waals surface area contributed by atoms with Gasteiger partial charge in [0.15, 0.2) is 0 Å². The van der Waals surface area contributed by atoms with E-state index in [4.69, 9.17) is 11.6 Å². The minimum atomic E-state index is -4.17. The predicted octanol–water partition coefficient (Wildman–Crippen LogP) is 6.38. The van der Waals surface area contributed by atoms with Crippen molar-refractivity contribution in [3.05, 3.63) is 129 Å². The van der Waals surface area contributed by atoms with Crippen LogP contribution in [0, 0.1) is 6.92 Å². The van der Waals surface area contributed by atoms with Crippen LogP contribution in [0.25, 0.3) is 0 Å². The molecule has 0 aromatic heterocycles. The molecule has 43 heavy (non-hydrogen) atoms. The van der Waals surface area contributed by atoms with E-state index >= 15 is 0 Å². The van der Waals surface area contributed by atoms with E-state index in [0.717, 1.165) is 25.5 Å². The van der Waals surface area contributed by atoms with Crippen LogP contribution in [-0.2, 0) is 32.6 Å². The van der Waals surface area contributed by atoms with Crippen molar-refractivity contribution in [3.8, 4) is 0 Å². The van der Waals surface area contributed by atoms with E-state index in [-0.39, 0.29) is 29.5 Å². The molecule has 0 unspecified atom stereocenters. The van der Waals surface area contributed by atoms with Crippen molar-refractivity contribution >= 4 is 55.1 Å². The van der Waals surface area contributed by atoms with Crippen molar-refractivity contribution in [2.24, 2.45) is 0 Å². The number of anilines is 1. The molecule has 4 rings (SSSR count). The number of aryl methyl sites for hydroxylation is 1. The molecule has 0 saturated heterocycles. The summed E-state index contributed by atoms with van der Waals surface area (Å²) < 4.78 is 30.0. The highest BCUT2D eigenvalue weighted by Crippen LogP contribution is 2.27. The second-order valence-corrected chi connectivity index (χ2v) is 13.3. The Morgan fingerprint density at radius 2 is 1.49 bits per heavy atom. The maximum atomic E-state index is 14.3. The summed E-state index contributed by atoms with van der Waals surface area (Å²) in [4.78, 5) is 29.4. The van der Waals surface area contributed by atoms with Gasteiger partial charge in [0.05, 0.1) is 10.6 Å². The molecule has 0 radical (unpaired) electrons. The maximum absolute atomic E-state index is 14.3. The number of hydrogen-bond acceptors (Lipinski definition) is 4. The Hall–Kier alpha value is -3.66. The number of halogens is 2. The summed E-state index contributed by atoms with van der Waals surface area (Å²) in [5, 5.41) is 3.29. The molecule has 0 saturated carbocycles. The zero-order valence-corrected chi connectivity index (χ0v) is 27.1. The Bertz CT molecular complexity index is 1630. The number of nitrogens with one attached hydrogen (secondary N) is 1. The van der Waals surface area contributed by atoms with E-state index in [1.807, 2.05) is 68.4 Å². The first-order valence-corrected chi connectivity index (χ1v) is 16.4. The normalized spacial score (nSPS) is 11.9. The second-order valence-electron chi connectivity index (χ2n) is 10.0. The highest BCUT2D eigenvalue weighted by atomic mass is 79.9. The summed E-state index contributed by atoms with van der Waals surface area (Å²) in [6.45, 7) is 3.63. The molecule has 0 heterocycles. The maximum Gasteiger partial charge on any atom is 0.264 e. The Morgan fingerprint density at radius 1 is 0.860 bits per heavy atom. The van der Waals surface area contributed by atoms with Gasteiger partial charge in [0, 0.05) is 29.0 Å². The average molecular weight is 683 g/mol. The quantitative estimate of drug-likeness (QED) is 0.188. The van der Waals surface area contributed by atoms with Gasteiger partial charge in [0.1, 0.15) is 12.6 Å². The van der Waals surface area contributed by atoms with Gasteiger partial charge in [-0.2, -0.15) is 0 Å². The fraction of sp³-hybridized carbons (Fsp3) is 0.212. The molecule has 4 aromatic rings. The van der Waals surface area contributed by atoms with Crippen LogP contribution in [0.5, 0.6) is 0 Å². The van der Waals surface area contributed by atoms with E-state index in [1.165, 1.54) is 17.0 Å². The highest BCUT2D eigenvalue weighted by molar-refractivity contribution is 9.10. The van der Waals surface area contributed by atoms with Gasteiger partial charge in [-0.15, -0.1) is 0 Å². The third kappa shape index (κ3) is 8.46. The highest BCUT2D eigenvalue weighted by Gasteiger charge is 2.34. The van der Waals surface area contributed by atoms with Crippen molar-refractivity contribution < 1.29 is 18.0 Å². The van der Waals surface area contributed by atoms with Crippen LogP contribution in [0.4, 0.5) is 5.69 Å². The van der Waals surface area contributed by atoms with E-state index in [0.29, 0.717) is 11.6 Å². The summed E-state index contributed by atoms with van der Waals surface area (Å²) >= 11 is 9.56. The first-order chi connectivity index (χ1) is 20.6. The lowest BCUT2D eigenvalue weighted by molar-refractivity contribution is -0.140. The van der Waals surface area contributed by atoms with Crippen LogP contribution in [0.2, 0.25) is 5.02 Å². The van der Waals surface area contributed by atoms with Gasteiger partial charge in [0.2, 0.25) is 11.8 Å². The van der Waals surface area contributed by atoms with Crippen molar-refractivity contribution in [2.45, 2.75) is 37.8 Å². The van der Waals surface area contributed by atoms with Gasteiger partial charge in [-0.05, 0) is 73.5 Å². The predicted molar refractivity (Wildman–Crippen MR) is 174 cm³/mol. The fourth-order valence-corrected chi connectivity index (χ4v) is 6.41. The first kappa shape index (κ1) is 32.3. The van der Waals surface area contributed by atoms with Crippen LogP contribution >= 0.6 is 27.5 Å². The van der Waals surface area contributed by atoms with Crippen LogP contribution in [0.15, 0.2) is 112 Å². The fourth-order valence-electron chi connectivity index (χ4n) is 4.61. The number of carbonyl (C=O) groups excluding carboxylic acids is 2. The van der Waals surface area contributed by atoms with Crippen LogP contribution in [0.3, 0.4) is 0 Å². The minimum Gasteiger partial charge on any atom is -0.355 e. The molecule has 0 bridgehead atoms. The van der Waals surface area contributed by atoms with E-state index < -0.39 is 28.5 Å². The minimum absolute atomic E-state index is 0.0462. The Kier molecular flexibility index (Phi) is 11.0. The monoisotopic (exact) mass is 681 g/mol. The van der Waals surface area contributed by atoms with Crippen LogP contribution in [0.1, 0.15) is 23.6 Å². The summed E-state index contributed by atoms with van der Waals surface area (Å²) in [5.74, 6) is -0.850. The topological polar surface area (TPSA) is 86.8 Å². The molecule has 0 aliphatic rings. The zero-order chi connectivity index (χ0) is 31.0. The Balaban J connectivity index is 1.78. The molecule has 10 heteroatoms. The molecule has 2 amide bonds. The van der Waals surface area contributed by atoms with Gasteiger partial charge in [-0.3, -0.25) is 13.9 Å². The number of carbonyl (C=O) groups is 2. The number of nitrogens with zero attached hydrogens (tertiary/aromatic N) is 2. The average Bonchev–Trinajstić information content (AvgIpc) is 3.00. The number of likely N-dealkylation sites (N-methyl/N-ethyl adjacent to an activating group) is 1. The third-order valence-electron chi connectivity index (χ3n) is 6.89. The third-order valence-corrected chi connectivity index (χ3v) is 9.46. The van der Waals surface area contributed by atoms with Crippen LogP contribution in [-0.4, -0.2) is 44.3 Å². The molecule has 1 N–H and O–H groups in total. The summed E-state index contributed by atoms with van der Waals surface area (Å²) in [6.07, 6.45) is 0.251. The molecule has 0 fully saturated rings. The van der Waals surface area contributed by atoms with E-state index in [9.17, 15) is 18.0 Å². The number of sulfonamides is 1. The number of rotatable bonds is 12. The van der Waals surface area contributed by atoms with Crippen molar-refractivity contribution in [3.63, 3.8) is 0 Å². The van der Waals surface area contributed by atoms with Gasteiger partial charge in [0.25, 0.3) is 10.0 Å². The molecule has 0 aliphatic carbocycles. The molecule has 7 nitrogen and oxygen atoms in total. The van der Waals surface area contributed by atoms with Gasteiger partial charge in [-0.1, -0.05) is 87.7 Å². The van der Waals surface area contributed by atoms with E-state index in [1.54, 1.807) is 36.4 Å². The van der Waals surface area contributed by atoms with Gasteiger partial charge < -0.3 is 10.2 Å². The SMILES string of the molecule is CCNC(=O)[C@H](Cc1ccccc1)N(Cc1ccc(Br)cc1)C(=O)CN(c1ccc(Cl)cc1)S(=O)(=O)c1ccc(C)cc1. The molecule has 224 valence electrons. The van der Waals surface area contributed by atoms with Gasteiger partial charge in [-0.25, -0.2) is 8.42 Å². The molecular weight excluding hydrogens is 650 g/mol. The number of benzene rings is 4. The standard InChI is InChI=1S/C33H33BrClN3O4S/c1-3-36-33(40)31(21-25-7-5-4-6-8-25)37(22-26-11-13-27(34)14-12-26)32(39)23-38(29-17-15-28(35)16-18-29)43(41,42)30-19-9-24(2)10-20-30/h4-20,31H,3,21-23H2,1-2H3,(H,36,40)/t31-/m0/s1. The zero-order valence-electron chi connectivity index (χ0n) is 23.9. The second kappa shape index (κ2) is 14.7. The van der Waals surface area contributed by atoms with Crippen LogP contribution < -0.4 is 9.62 Å². The van der Waals surface area contributed by atoms with Gasteiger partial charge >= 0.3 is 0 Å². The van der Waals surface area contributed by atoms with E-state index in [2.05, 4.69) is 21.2 Å². The molecular formula is C33H33BrClN3O4S. The smallest absolute Gasteiger partial charge is 0.264 e. The summed E-state index contributed by atoms with van der Waals surface area (Å²) in [5.41, 5.74) is 2.84. The Morgan fingerprint density at radius 3 is 2.09 bits per heavy atom. The first-order valence-electron chi connectivity index (χ1n) is 13.8. The number of amides is 2. The molecule has 0 spiro atoms. The molecule has 4 aromatic carbocycles.